The van der Waals surface area contributed by atoms with E-state index in [2.05, 4.69) is 46.9 Å². The highest BCUT2D eigenvalue weighted by molar-refractivity contribution is 14.1. The summed E-state index contributed by atoms with van der Waals surface area (Å²) in [5, 5.41) is 0. The molecule has 3 nitrogen and oxygen atoms in total. The van der Waals surface area contributed by atoms with Crippen LogP contribution in [0.1, 0.15) is 18.4 Å². The Hall–Kier alpha value is -1.17. The summed E-state index contributed by atoms with van der Waals surface area (Å²) >= 11 is 2.30. The quantitative estimate of drug-likeness (QED) is 0.324. The van der Waals surface area contributed by atoms with Crippen LogP contribution in [0.4, 0.5) is 0 Å². The van der Waals surface area contributed by atoms with E-state index >= 15 is 0 Å². The number of hydrogen-bond donors (Lipinski definition) is 0. The van der Waals surface area contributed by atoms with Crippen molar-refractivity contribution in [1.29, 1.82) is 0 Å². The van der Waals surface area contributed by atoms with Crippen LogP contribution in [0.2, 0.25) is 0 Å². The van der Waals surface area contributed by atoms with Crippen molar-refractivity contribution in [2.45, 2.75) is 25.3 Å². The molecular weight excluding hydrogens is 401 g/mol. The zero-order valence-electron chi connectivity index (χ0n) is 12.9. The van der Waals surface area contributed by atoms with E-state index in [0.29, 0.717) is 0 Å². The number of nitrogens with zero attached hydrogens (tertiary/aromatic N) is 1. The van der Waals surface area contributed by atoms with Crippen LogP contribution in [-0.2, 0) is 16.0 Å². The third-order valence-electron chi connectivity index (χ3n) is 5.65. The number of fused-ring (bicyclic) bond motifs is 1. The summed E-state index contributed by atoms with van der Waals surface area (Å²) in [6, 6.07) is 10.1. The van der Waals surface area contributed by atoms with Crippen molar-refractivity contribution in [2.24, 2.45) is 23.7 Å². The Morgan fingerprint density at radius 1 is 1.00 bits per heavy atom. The molecule has 2 amide bonds. The van der Waals surface area contributed by atoms with Gasteiger partial charge in [0.25, 0.3) is 0 Å². The van der Waals surface area contributed by atoms with Crippen molar-refractivity contribution in [3.63, 3.8) is 0 Å². The van der Waals surface area contributed by atoms with Gasteiger partial charge in [-0.2, -0.15) is 0 Å². The molecule has 2 fully saturated rings. The van der Waals surface area contributed by atoms with Gasteiger partial charge in [-0.1, -0.05) is 65.1 Å². The van der Waals surface area contributed by atoms with E-state index in [9.17, 15) is 9.59 Å². The van der Waals surface area contributed by atoms with Crippen LogP contribution in [0, 0.1) is 23.7 Å². The van der Waals surface area contributed by atoms with E-state index in [1.807, 2.05) is 18.2 Å². The number of imide groups is 1. The number of hydrogen-bond acceptors (Lipinski definition) is 2. The van der Waals surface area contributed by atoms with Gasteiger partial charge in [-0.15, -0.1) is 0 Å². The number of likely N-dealkylation sites (tertiary alicyclic amines) is 1. The lowest BCUT2D eigenvalue weighted by molar-refractivity contribution is -0.142. The van der Waals surface area contributed by atoms with E-state index in [1.54, 1.807) is 4.90 Å². The van der Waals surface area contributed by atoms with Crippen LogP contribution in [0.15, 0.2) is 42.5 Å². The molecule has 4 heteroatoms. The lowest BCUT2D eigenvalue weighted by atomic mass is 9.63. The fourth-order valence-electron chi connectivity index (χ4n) is 4.56. The lowest BCUT2D eigenvalue weighted by Crippen LogP contribution is -2.43. The molecule has 0 aromatic heterocycles. The summed E-state index contributed by atoms with van der Waals surface area (Å²) in [7, 11) is 0. The van der Waals surface area contributed by atoms with Crippen LogP contribution in [-0.4, -0.2) is 27.2 Å². The Morgan fingerprint density at radius 3 is 2.04 bits per heavy atom. The Morgan fingerprint density at radius 2 is 1.57 bits per heavy atom. The van der Waals surface area contributed by atoms with Gasteiger partial charge < -0.3 is 0 Å². The van der Waals surface area contributed by atoms with Crippen molar-refractivity contribution in [3.8, 4) is 0 Å². The topological polar surface area (TPSA) is 37.4 Å². The molecule has 0 radical (unpaired) electrons. The molecule has 23 heavy (non-hydrogen) atoms. The molecule has 0 spiro atoms. The highest BCUT2D eigenvalue weighted by atomic mass is 127. The number of benzene rings is 1. The zero-order valence-corrected chi connectivity index (χ0v) is 15.1. The maximum atomic E-state index is 13.0. The first-order valence-corrected chi connectivity index (χ1v) is 9.88. The first kappa shape index (κ1) is 15.4. The second kappa shape index (κ2) is 6.04. The summed E-state index contributed by atoms with van der Waals surface area (Å²) in [4.78, 5) is 27.6. The lowest BCUT2D eigenvalue weighted by Gasteiger charge is -2.38. The van der Waals surface area contributed by atoms with E-state index in [4.69, 9.17) is 0 Å². The van der Waals surface area contributed by atoms with Gasteiger partial charge in [-0.3, -0.25) is 14.5 Å². The predicted octanol–water partition coefficient (Wildman–Crippen LogP) is 3.23. The average Bonchev–Trinajstić information content (AvgIpc) is 2.88. The Bertz CT molecular complexity index is 625. The zero-order chi connectivity index (χ0) is 16.0. The smallest absolute Gasteiger partial charge is 0.234 e. The number of allylic oxidation sites excluding steroid dienone is 2. The van der Waals surface area contributed by atoms with Gasteiger partial charge in [0.05, 0.1) is 17.9 Å². The molecule has 5 unspecified atom stereocenters. The highest BCUT2D eigenvalue weighted by Gasteiger charge is 2.57. The summed E-state index contributed by atoms with van der Waals surface area (Å²) in [5.41, 5.74) is 1.19. The molecular formula is C19H20INO2. The molecule has 1 saturated heterocycles. The molecule has 5 rings (SSSR count). The number of amides is 2. The Balaban J connectivity index is 1.61. The minimum atomic E-state index is -0.0903. The predicted molar refractivity (Wildman–Crippen MR) is 97.0 cm³/mol. The molecule has 1 aromatic rings. The van der Waals surface area contributed by atoms with Gasteiger partial charge in [0.15, 0.2) is 0 Å². The molecule has 3 aliphatic carbocycles. The van der Waals surface area contributed by atoms with E-state index in [0.717, 1.165) is 23.7 Å². The van der Waals surface area contributed by atoms with Crippen LogP contribution >= 0.6 is 22.6 Å². The fraction of sp³-hybridized carbons (Fsp3) is 0.474. The maximum absolute atomic E-state index is 13.0. The normalized spacial score (nSPS) is 33.2. The van der Waals surface area contributed by atoms with Crippen molar-refractivity contribution in [3.05, 3.63) is 48.0 Å². The second-order valence-electron chi connectivity index (χ2n) is 6.89. The minimum Gasteiger partial charge on any atom is -0.278 e. The number of alkyl halides is 1. The standard InChI is InChI=1S/C19H20INO2/c20-11-15(10-12-4-2-1-3-5-12)21-18(22)16-13-6-7-14(9-8-13)17(16)19(21)23/h1-7,13-17H,8-11H2. The molecule has 1 saturated carbocycles. The molecule has 1 aromatic carbocycles. The largest absolute Gasteiger partial charge is 0.278 e. The first-order valence-electron chi connectivity index (χ1n) is 8.36. The fourth-order valence-corrected chi connectivity index (χ4v) is 5.26. The van der Waals surface area contributed by atoms with Crippen molar-refractivity contribution < 1.29 is 9.59 Å². The van der Waals surface area contributed by atoms with Crippen LogP contribution in [0.25, 0.3) is 0 Å². The summed E-state index contributed by atoms with van der Waals surface area (Å²) in [5.74, 6) is 0.532. The molecule has 2 bridgehead atoms. The second-order valence-corrected chi connectivity index (χ2v) is 7.77. The van der Waals surface area contributed by atoms with Crippen LogP contribution < -0.4 is 0 Å². The first-order chi connectivity index (χ1) is 11.2. The third kappa shape index (κ3) is 2.46. The number of carbonyl (C=O) groups is 2. The monoisotopic (exact) mass is 421 g/mol. The SMILES string of the molecule is O=C1C2C3C=CC(CC3)C2C(=O)N1C(CI)Cc1ccccc1. The average molecular weight is 421 g/mol. The third-order valence-corrected chi connectivity index (χ3v) is 6.67. The van der Waals surface area contributed by atoms with Gasteiger partial charge in [0.2, 0.25) is 11.8 Å². The molecule has 1 heterocycles. The summed E-state index contributed by atoms with van der Waals surface area (Å²) in [6.07, 6.45) is 7.23. The minimum absolute atomic E-state index is 0.0250. The van der Waals surface area contributed by atoms with Crippen molar-refractivity contribution in [1.82, 2.24) is 4.90 Å². The maximum Gasteiger partial charge on any atom is 0.234 e. The highest BCUT2D eigenvalue weighted by Crippen LogP contribution is 2.50. The molecule has 4 aliphatic rings. The number of rotatable bonds is 4. The Kier molecular flexibility index (Phi) is 4.03. The molecule has 0 N–H and O–H groups in total. The van der Waals surface area contributed by atoms with Gasteiger partial charge >= 0.3 is 0 Å². The van der Waals surface area contributed by atoms with Gasteiger partial charge in [0.1, 0.15) is 0 Å². The van der Waals surface area contributed by atoms with E-state index in [-0.39, 0.29) is 41.5 Å². The van der Waals surface area contributed by atoms with E-state index < -0.39 is 0 Å². The Labute approximate surface area is 150 Å². The van der Waals surface area contributed by atoms with Crippen LogP contribution in [0.3, 0.4) is 0 Å². The van der Waals surface area contributed by atoms with Crippen molar-refractivity contribution in [2.75, 3.05) is 4.43 Å². The van der Waals surface area contributed by atoms with Gasteiger partial charge in [-0.25, -0.2) is 0 Å². The number of carbonyl (C=O) groups excluding carboxylic acids is 2. The summed E-state index contributed by atoms with van der Waals surface area (Å²) < 4.78 is 0.784. The van der Waals surface area contributed by atoms with E-state index in [1.165, 1.54) is 5.56 Å². The van der Waals surface area contributed by atoms with Gasteiger partial charge in [0, 0.05) is 4.43 Å². The molecule has 5 atom stereocenters. The summed E-state index contributed by atoms with van der Waals surface area (Å²) in [6.45, 7) is 0. The molecule has 120 valence electrons. The van der Waals surface area contributed by atoms with Crippen molar-refractivity contribution >= 4 is 34.4 Å². The van der Waals surface area contributed by atoms with Crippen LogP contribution in [0.5, 0.6) is 0 Å². The van der Waals surface area contributed by atoms with Gasteiger partial charge in [-0.05, 0) is 36.7 Å². The number of halogens is 1. The molecule has 1 aliphatic heterocycles.